The van der Waals surface area contributed by atoms with Crippen molar-refractivity contribution in [2.75, 3.05) is 6.54 Å². The summed E-state index contributed by atoms with van der Waals surface area (Å²) in [5, 5.41) is 2.96. The number of nitrogens with zero attached hydrogens (tertiary/aromatic N) is 3. The first-order valence-electron chi connectivity index (χ1n) is 19.9. The molecule has 4 aliphatic rings. The molecular weight excluding hydrogens is 731 g/mol. The number of allylic oxidation sites excluding steroid dienone is 1. The monoisotopic (exact) mass is 783 g/mol. The van der Waals surface area contributed by atoms with E-state index in [1.54, 1.807) is 24.2 Å². The molecule has 2 N–H and O–H groups in total. The van der Waals surface area contributed by atoms with E-state index >= 15 is 0 Å². The maximum absolute atomic E-state index is 14.4. The van der Waals surface area contributed by atoms with Gasteiger partial charge in [-0.15, -0.1) is 0 Å². The molecule has 3 fully saturated rings. The normalized spacial score (nSPS) is 28.2. The zero-order valence-electron chi connectivity index (χ0n) is 32.9. The molecule has 2 aliphatic carbocycles. The summed E-state index contributed by atoms with van der Waals surface area (Å²) in [7, 11) is -3.94. The Hall–Kier alpha value is -4.78. The van der Waals surface area contributed by atoms with Crippen LogP contribution in [0.4, 0.5) is 0 Å². The molecule has 2 aliphatic heterocycles. The Morgan fingerprint density at radius 3 is 2.41 bits per heavy atom. The summed E-state index contributed by atoms with van der Waals surface area (Å²) in [6, 6.07) is 14.2. The van der Waals surface area contributed by atoms with E-state index in [0.717, 1.165) is 36.1 Å². The number of hydrogen-bond acceptors (Lipinski definition) is 9. The van der Waals surface area contributed by atoms with E-state index < -0.39 is 44.3 Å². The third kappa shape index (κ3) is 8.62. The van der Waals surface area contributed by atoms with Crippen molar-refractivity contribution < 1.29 is 32.3 Å². The lowest BCUT2D eigenvalue weighted by atomic mass is 9.91. The van der Waals surface area contributed by atoms with Crippen molar-refractivity contribution in [3.63, 3.8) is 0 Å². The molecule has 12 nitrogen and oxygen atoms in total. The molecule has 0 radical (unpaired) electrons. The first-order valence-corrected chi connectivity index (χ1v) is 21.3. The van der Waals surface area contributed by atoms with Crippen molar-refractivity contribution >= 4 is 27.7 Å². The van der Waals surface area contributed by atoms with Crippen LogP contribution in [0, 0.1) is 17.8 Å². The van der Waals surface area contributed by atoms with E-state index in [-0.39, 0.29) is 49.7 Å². The predicted molar refractivity (Wildman–Crippen MR) is 213 cm³/mol. The minimum absolute atomic E-state index is 0.0338. The maximum Gasteiger partial charge on any atom is 0.259 e. The molecule has 2 aromatic heterocycles. The first-order chi connectivity index (χ1) is 26.6. The van der Waals surface area contributed by atoms with Crippen molar-refractivity contribution in [3.8, 4) is 34.0 Å². The van der Waals surface area contributed by atoms with Gasteiger partial charge in [0.1, 0.15) is 29.2 Å². The van der Waals surface area contributed by atoms with Gasteiger partial charge >= 0.3 is 0 Å². The van der Waals surface area contributed by atoms with Crippen LogP contribution < -0.4 is 19.5 Å². The Morgan fingerprint density at radius 2 is 1.73 bits per heavy atom. The van der Waals surface area contributed by atoms with Gasteiger partial charge in [-0.3, -0.25) is 24.1 Å². The maximum atomic E-state index is 14.4. The van der Waals surface area contributed by atoms with Crippen molar-refractivity contribution in [2.24, 2.45) is 17.8 Å². The van der Waals surface area contributed by atoms with Gasteiger partial charge in [-0.25, -0.2) is 13.4 Å². The average Bonchev–Trinajstić information content (AvgIpc) is 4.03. The fourth-order valence-electron chi connectivity index (χ4n) is 7.97. The third-order valence-electron chi connectivity index (χ3n) is 11.6. The topological polar surface area (TPSA) is 157 Å². The molecule has 2 saturated carbocycles. The highest BCUT2D eigenvalue weighted by Crippen LogP contribution is 2.47. The second kappa shape index (κ2) is 15.6. The Bertz CT molecular complexity index is 2090. The highest BCUT2D eigenvalue weighted by Gasteiger charge is 2.63. The molecule has 4 heterocycles. The van der Waals surface area contributed by atoms with Crippen LogP contribution >= 0.6 is 0 Å². The van der Waals surface area contributed by atoms with Crippen LogP contribution in [0.5, 0.6) is 11.5 Å². The minimum Gasteiger partial charge on any atom is -0.491 e. The van der Waals surface area contributed by atoms with Crippen LogP contribution in [0.25, 0.3) is 22.5 Å². The largest absolute Gasteiger partial charge is 0.491 e. The summed E-state index contributed by atoms with van der Waals surface area (Å²) < 4.78 is 40.1. The standard InChI is InChI=1S/C43H53N5O7S/c1-27(2)54-33-14-12-30(13-15-33)36-21-34(22-37(45-36)31-10-8-18-44-25-31)55-35-23-38-40(50)46-43(41(51)47-56(52,53)42(5)16-17-42)24-32(43)11-7-6-9-28(3)19-29(4)20-39(49)48(38)26-35/h7-8,10-15,18,21-22,25,27-29,32,35,38H,6,9,16-17,19-20,23-24,26H2,1-5H3,(H,46,50)(H,47,51)/b11-7-/t28-,29-,32+,35-,38+,43-/m1/s1. The van der Waals surface area contributed by atoms with Crippen molar-refractivity contribution in [2.45, 2.75) is 115 Å². The summed E-state index contributed by atoms with van der Waals surface area (Å²) in [4.78, 5) is 53.1. The van der Waals surface area contributed by atoms with Gasteiger partial charge in [0, 0.05) is 54.4 Å². The Kier molecular flexibility index (Phi) is 11.0. The lowest BCUT2D eigenvalue weighted by molar-refractivity contribution is -0.140. The fraction of sp³-hybridized carbons (Fsp3) is 0.512. The zero-order valence-corrected chi connectivity index (χ0v) is 33.7. The number of ether oxygens (including phenoxy) is 2. The number of hydrogen-bond donors (Lipinski definition) is 2. The summed E-state index contributed by atoms with van der Waals surface area (Å²) >= 11 is 0. The number of benzene rings is 1. The highest BCUT2D eigenvalue weighted by molar-refractivity contribution is 7.91. The SMILES string of the molecule is CC(C)Oc1ccc(-c2cc(O[C@@H]3C[C@H]4C(=O)N[C@]5(C(=O)NS(=O)(=O)C6(C)CC6)C[C@@H]5/C=C\CC[C@@H](C)C[C@@H](C)CC(=O)N4C3)cc(-c3cccnc3)n2)cc1. The van der Waals surface area contributed by atoms with Crippen molar-refractivity contribution in [1.82, 2.24) is 24.9 Å². The van der Waals surface area contributed by atoms with E-state index in [1.807, 2.05) is 74.5 Å². The van der Waals surface area contributed by atoms with E-state index in [1.165, 1.54) is 0 Å². The van der Waals surface area contributed by atoms with E-state index in [9.17, 15) is 22.8 Å². The number of amides is 3. The fourth-order valence-corrected chi connectivity index (χ4v) is 9.28. The molecule has 298 valence electrons. The lowest BCUT2D eigenvalue weighted by Gasteiger charge is -2.28. The number of rotatable bonds is 9. The lowest BCUT2D eigenvalue weighted by Crippen LogP contribution is -2.57. The minimum atomic E-state index is -3.94. The summed E-state index contributed by atoms with van der Waals surface area (Å²) in [6.45, 7) is 9.97. The number of carbonyl (C=O) groups is 3. The van der Waals surface area contributed by atoms with Crippen LogP contribution in [-0.2, 0) is 24.4 Å². The second-order valence-corrected chi connectivity index (χ2v) is 19.1. The molecule has 1 aromatic carbocycles. The summed E-state index contributed by atoms with van der Waals surface area (Å²) in [6.07, 6.45) is 11.1. The Morgan fingerprint density at radius 1 is 1.00 bits per heavy atom. The number of carbonyl (C=O) groups excluding carboxylic acids is 3. The van der Waals surface area contributed by atoms with Gasteiger partial charge in [-0.2, -0.15) is 0 Å². The number of nitrogens with one attached hydrogen (secondary N) is 2. The Balaban J connectivity index is 1.18. The van der Waals surface area contributed by atoms with Crippen LogP contribution in [0.3, 0.4) is 0 Å². The van der Waals surface area contributed by atoms with Crippen LogP contribution in [0.1, 0.15) is 86.0 Å². The van der Waals surface area contributed by atoms with Crippen molar-refractivity contribution in [3.05, 3.63) is 73.1 Å². The molecular formula is C43H53N5O7S. The smallest absolute Gasteiger partial charge is 0.259 e. The van der Waals surface area contributed by atoms with Gasteiger partial charge in [-0.05, 0) is 108 Å². The average molecular weight is 784 g/mol. The summed E-state index contributed by atoms with van der Waals surface area (Å²) in [5.74, 6) is -0.0548. The number of sulfonamides is 1. The number of fused-ring (bicyclic) bond motifs is 2. The summed E-state index contributed by atoms with van der Waals surface area (Å²) in [5.41, 5.74) is 1.52. The molecule has 0 bridgehead atoms. The van der Waals surface area contributed by atoms with Gasteiger partial charge in [0.2, 0.25) is 21.8 Å². The molecule has 3 aromatic rings. The van der Waals surface area contributed by atoms with Crippen LogP contribution in [0.2, 0.25) is 0 Å². The molecule has 0 unspecified atom stereocenters. The van der Waals surface area contributed by atoms with Gasteiger partial charge < -0.3 is 19.7 Å². The number of aromatic nitrogens is 2. The first kappa shape index (κ1) is 39.5. The zero-order chi connectivity index (χ0) is 39.8. The quantitative estimate of drug-likeness (QED) is 0.241. The molecule has 6 atom stereocenters. The molecule has 56 heavy (non-hydrogen) atoms. The molecule has 7 rings (SSSR count). The van der Waals surface area contributed by atoms with E-state index in [2.05, 4.69) is 28.9 Å². The third-order valence-corrected chi connectivity index (χ3v) is 13.7. The molecule has 13 heteroatoms. The van der Waals surface area contributed by atoms with E-state index in [0.29, 0.717) is 35.9 Å². The Labute approximate surface area is 329 Å². The molecule has 3 amide bonds. The highest BCUT2D eigenvalue weighted by atomic mass is 32.2. The second-order valence-electron chi connectivity index (χ2n) is 16.9. The van der Waals surface area contributed by atoms with E-state index in [4.69, 9.17) is 14.5 Å². The number of pyridine rings is 2. The molecule has 0 spiro atoms. The predicted octanol–water partition coefficient (Wildman–Crippen LogP) is 6.22. The molecule has 1 saturated heterocycles. The van der Waals surface area contributed by atoms with Gasteiger partial charge in [0.25, 0.3) is 5.91 Å². The van der Waals surface area contributed by atoms with Crippen LogP contribution in [-0.4, -0.2) is 76.1 Å². The van der Waals surface area contributed by atoms with Crippen molar-refractivity contribution in [1.29, 1.82) is 0 Å². The van der Waals surface area contributed by atoms with Gasteiger partial charge in [0.15, 0.2) is 0 Å². The van der Waals surface area contributed by atoms with Crippen LogP contribution in [0.15, 0.2) is 73.1 Å². The van der Waals surface area contributed by atoms with Gasteiger partial charge in [0.05, 0.1) is 28.8 Å². The van der Waals surface area contributed by atoms with Gasteiger partial charge in [-0.1, -0.05) is 26.0 Å².